The summed E-state index contributed by atoms with van der Waals surface area (Å²) in [6.07, 6.45) is 2.08. The van der Waals surface area contributed by atoms with Crippen molar-refractivity contribution in [3.63, 3.8) is 0 Å². The summed E-state index contributed by atoms with van der Waals surface area (Å²) in [5.74, 6) is -0.0711. The molecule has 3 aromatic carbocycles. The van der Waals surface area contributed by atoms with Gasteiger partial charge in [0.2, 0.25) is 0 Å². The van der Waals surface area contributed by atoms with E-state index in [1.54, 1.807) is 30.5 Å². The first-order valence-electron chi connectivity index (χ1n) is 12.3. The molecule has 8 nitrogen and oxygen atoms in total. The largest absolute Gasteiger partial charge is 0.494 e. The standard InChI is InChI=1S/C29H30N4O4/c1-2-32(20-22-10-4-3-5-11-22)21-27(34)31-30-19-23-12-8-13-24(18-23)37-17-9-16-33-28(35)25-14-6-7-15-26(25)29(33)36/h3-8,10-15,18-19H,2,9,16-17,20-21H2,1H3,(H,31,34). The Kier molecular flexibility index (Phi) is 8.78. The molecule has 3 amide bonds. The fourth-order valence-corrected chi connectivity index (χ4v) is 4.08. The van der Waals surface area contributed by atoms with Gasteiger partial charge in [-0.3, -0.25) is 24.2 Å². The highest BCUT2D eigenvalue weighted by Gasteiger charge is 2.34. The van der Waals surface area contributed by atoms with Crippen molar-refractivity contribution < 1.29 is 19.1 Å². The Bertz CT molecular complexity index is 1240. The molecule has 0 fully saturated rings. The Hall–Kier alpha value is -4.30. The van der Waals surface area contributed by atoms with Crippen LogP contribution in [0.2, 0.25) is 0 Å². The van der Waals surface area contributed by atoms with Crippen molar-refractivity contribution >= 4 is 23.9 Å². The Morgan fingerprint density at radius 1 is 0.973 bits per heavy atom. The van der Waals surface area contributed by atoms with E-state index in [9.17, 15) is 14.4 Å². The maximum atomic E-state index is 12.4. The van der Waals surface area contributed by atoms with E-state index < -0.39 is 0 Å². The average Bonchev–Trinajstić information content (AvgIpc) is 3.16. The number of amides is 3. The van der Waals surface area contributed by atoms with Crippen molar-refractivity contribution in [2.75, 3.05) is 26.2 Å². The molecule has 0 bridgehead atoms. The van der Waals surface area contributed by atoms with E-state index in [2.05, 4.69) is 10.5 Å². The van der Waals surface area contributed by atoms with Gasteiger partial charge in [-0.2, -0.15) is 5.10 Å². The van der Waals surface area contributed by atoms with Crippen LogP contribution < -0.4 is 10.2 Å². The zero-order chi connectivity index (χ0) is 26.0. The number of fused-ring (bicyclic) bond motifs is 1. The zero-order valence-electron chi connectivity index (χ0n) is 20.8. The number of nitrogens with zero attached hydrogens (tertiary/aromatic N) is 3. The van der Waals surface area contributed by atoms with Crippen LogP contribution in [-0.4, -0.2) is 60.0 Å². The quantitative estimate of drug-likeness (QED) is 0.178. The summed E-state index contributed by atoms with van der Waals surface area (Å²) < 4.78 is 5.80. The predicted molar refractivity (Wildman–Crippen MR) is 141 cm³/mol. The second kappa shape index (κ2) is 12.6. The number of carbonyl (C=O) groups excluding carboxylic acids is 3. The smallest absolute Gasteiger partial charge is 0.261 e. The van der Waals surface area contributed by atoms with Gasteiger partial charge in [-0.15, -0.1) is 0 Å². The summed E-state index contributed by atoms with van der Waals surface area (Å²) in [4.78, 5) is 40.5. The fourth-order valence-electron chi connectivity index (χ4n) is 4.08. The molecule has 37 heavy (non-hydrogen) atoms. The molecule has 1 aliphatic rings. The first kappa shape index (κ1) is 25.8. The summed E-state index contributed by atoms with van der Waals surface area (Å²) in [6.45, 7) is 4.35. The van der Waals surface area contributed by atoms with Crippen molar-refractivity contribution in [2.24, 2.45) is 5.10 Å². The second-order valence-electron chi connectivity index (χ2n) is 8.66. The van der Waals surface area contributed by atoms with Crippen molar-refractivity contribution in [3.8, 4) is 5.75 Å². The number of benzene rings is 3. The SMILES string of the molecule is CCN(CC(=O)NN=Cc1cccc(OCCCN2C(=O)c3ccccc3C2=O)c1)Cc1ccccc1. The fraction of sp³-hybridized carbons (Fsp3) is 0.241. The molecule has 1 N–H and O–H groups in total. The lowest BCUT2D eigenvalue weighted by atomic mass is 10.1. The minimum absolute atomic E-state index is 0.186. The minimum atomic E-state index is -0.261. The van der Waals surface area contributed by atoms with Crippen molar-refractivity contribution in [2.45, 2.75) is 19.9 Å². The topological polar surface area (TPSA) is 91.3 Å². The molecule has 0 aliphatic carbocycles. The highest BCUT2D eigenvalue weighted by molar-refractivity contribution is 6.21. The molecule has 0 saturated carbocycles. The zero-order valence-corrected chi connectivity index (χ0v) is 20.8. The molecule has 0 saturated heterocycles. The van der Waals surface area contributed by atoms with E-state index in [1.807, 2.05) is 66.4 Å². The Balaban J connectivity index is 1.20. The molecule has 1 aliphatic heterocycles. The van der Waals surface area contributed by atoms with Gasteiger partial charge >= 0.3 is 0 Å². The Morgan fingerprint density at radius 3 is 2.38 bits per heavy atom. The number of hydrazone groups is 1. The number of hydrogen-bond acceptors (Lipinski definition) is 6. The van der Waals surface area contributed by atoms with Gasteiger partial charge < -0.3 is 4.74 Å². The lowest BCUT2D eigenvalue weighted by molar-refractivity contribution is -0.122. The van der Waals surface area contributed by atoms with Gasteiger partial charge in [0.25, 0.3) is 17.7 Å². The van der Waals surface area contributed by atoms with E-state index in [4.69, 9.17) is 4.74 Å². The number of hydrogen-bond donors (Lipinski definition) is 1. The molecule has 8 heteroatoms. The van der Waals surface area contributed by atoms with Crippen LogP contribution in [0.1, 0.15) is 45.2 Å². The summed E-state index contributed by atoms with van der Waals surface area (Å²) >= 11 is 0. The average molecular weight is 499 g/mol. The third kappa shape index (κ3) is 6.89. The third-order valence-corrected chi connectivity index (χ3v) is 6.00. The number of likely N-dealkylation sites (N-methyl/N-ethyl adjacent to an activating group) is 1. The lowest BCUT2D eigenvalue weighted by Crippen LogP contribution is -2.34. The third-order valence-electron chi connectivity index (χ3n) is 6.00. The van der Waals surface area contributed by atoms with Crippen molar-refractivity contribution in [1.82, 2.24) is 15.2 Å². The monoisotopic (exact) mass is 498 g/mol. The molecule has 0 aromatic heterocycles. The highest BCUT2D eigenvalue weighted by atomic mass is 16.5. The predicted octanol–water partition coefficient (Wildman–Crippen LogP) is 3.72. The maximum Gasteiger partial charge on any atom is 0.261 e. The van der Waals surface area contributed by atoms with E-state index in [1.165, 1.54) is 4.90 Å². The van der Waals surface area contributed by atoms with Gasteiger partial charge in [0.15, 0.2) is 0 Å². The summed E-state index contributed by atoms with van der Waals surface area (Å²) in [6, 6.07) is 24.2. The number of rotatable bonds is 12. The molecule has 0 radical (unpaired) electrons. The Morgan fingerprint density at radius 2 is 1.68 bits per heavy atom. The van der Waals surface area contributed by atoms with Crippen LogP contribution in [0.5, 0.6) is 5.75 Å². The molecule has 4 rings (SSSR count). The molecule has 1 heterocycles. The minimum Gasteiger partial charge on any atom is -0.494 e. The highest BCUT2D eigenvalue weighted by Crippen LogP contribution is 2.22. The normalized spacial score (nSPS) is 12.9. The molecule has 190 valence electrons. The number of carbonyl (C=O) groups is 3. The van der Waals surface area contributed by atoms with Crippen LogP contribution in [0, 0.1) is 0 Å². The first-order chi connectivity index (χ1) is 18.0. The molecule has 3 aromatic rings. The second-order valence-corrected chi connectivity index (χ2v) is 8.66. The van der Waals surface area contributed by atoms with E-state index >= 15 is 0 Å². The molecule has 0 unspecified atom stereocenters. The summed E-state index contributed by atoms with van der Waals surface area (Å²) in [7, 11) is 0. The van der Waals surface area contributed by atoms with Gasteiger partial charge in [0.05, 0.1) is 30.5 Å². The van der Waals surface area contributed by atoms with Gasteiger partial charge in [-0.05, 0) is 48.4 Å². The Labute approximate surface area is 216 Å². The van der Waals surface area contributed by atoms with Crippen LogP contribution >= 0.6 is 0 Å². The van der Waals surface area contributed by atoms with Crippen LogP contribution in [0.4, 0.5) is 0 Å². The number of imide groups is 1. The van der Waals surface area contributed by atoms with Gasteiger partial charge in [0, 0.05) is 13.1 Å². The van der Waals surface area contributed by atoms with Gasteiger partial charge in [-0.25, -0.2) is 5.43 Å². The van der Waals surface area contributed by atoms with Crippen molar-refractivity contribution in [1.29, 1.82) is 0 Å². The van der Waals surface area contributed by atoms with Crippen molar-refractivity contribution in [3.05, 3.63) is 101 Å². The van der Waals surface area contributed by atoms with Crippen LogP contribution in [-0.2, 0) is 11.3 Å². The number of nitrogens with one attached hydrogen (secondary N) is 1. The molecule has 0 spiro atoms. The van der Waals surface area contributed by atoms with Gasteiger partial charge in [0.1, 0.15) is 5.75 Å². The maximum absolute atomic E-state index is 12.4. The van der Waals surface area contributed by atoms with Crippen LogP contribution in [0.25, 0.3) is 0 Å². The molecular formula is C29H30N4O4. The van der Waals surface area contributed by atoms with E-state index in [-0.39, 0.29) is 24.3 Å². The summed E-state index contributed by atoms with van der Waals surface area (Å²) in [5.41, 5.74) is 5.41. The lowest BCUT2D eigenvalue weighted by Gasteiger charge is -2.19. The van der Waals surface area contributed by atoms with E-state index in [0.29, 0.717) is 43.0 Å². The first-order valence-corrected chi connectivity index (χ1v) is 12.3. The van der Waals surface area contributed by atoms with Crippen LogP contribution in [0.3, 0.4) is 0 Å². The van der Waals surface area contributed by atoms with Crippen LogP contribution in [0.15, 0.2) is 84.0 Å². The summed E-state index contributed by atoms with van der Waals surface area (Å²) in [5, 5.41) is 4.07. The molecule has 0 atom stereocenters. The van der Waals surface area contributed by atoms with Gasteiger partial charge in [-0.1, -0.05) is 61.5 Å². The number of ether oxygens (including phenoxy) is 1. The van der Waals surface area contributed by atoms with E-state index in [0.717, 1.165) is 17.7 Å². The molecular weight excluding hydrogens is 468 g/mol.